The van der Waals surface area contributed by atoms with E-state index in [0.717, 1.165) is 5.54 Å². The van der Waals surface area contributed by atoms with Gasteiger partial charge in [0.1, 0.15) is 0 Å². The largest absolute Gasteiger partial charge is 0.103 e. The Bertz CT molecular complexity index is 367. The zero-order chi connectivity index (χ0) is 13.6. The minimum Gasteiger partial charge on any atom is -0.103 e. The van der Waals surface area contributed by atoms with Gasteiger partial charge in [0, 0.05) is 5.41 Å². The lowest BCUT2D eigenvalue weighted by molar-refractivity contribution is 0.234. The molecule has 0 bridgehead atoms. The quantitative estimate of drug-likeness (QED) is 0.457. The molecule has 0 nitrogen and oxygen atoms in total. The molecule has 1 saturated carbocycles. The normalized spacial score (nSPS) is 37.8. The Morgan fingerprint density at radius 1 is 1.06 bits per heavy atom. The van der Waals surface area contributed by atoms with Crippen molar-refractivity contribution in [2.24, 2.45) is 11.3 Å². The Labute approximate surface area is 114 Å². The van der Waals surface area contributed by atoms with Gasteiger partial charge >= 0.3 is 0 Å². The standard InChI is InChI=1S/C17H28Si/c1-7-14-12-13-18(6,15-10-11-15)16(4,5)17(14,8-2)9-3/h7-9,14-15H,1-3,10-13H2,4-6H3. The molecule has 0 radical (unpaired) electrons. The molecule has 0 aromatic carbocycles. The van der Waals surface area contributed by atoms with Gasteiger partial charge in [-0.05, 0) is 22.9 Å². The summed E-state index contributed by atoms with van der Waals surface area (Å²) >= 11 is 0. The van der Waals surface area contributed by atoms with Crippen LogP contribution in [0.5, 0.6) is 0 Å². The third-order valence-electron chi connectivity index (χ3n) is 6.54. The second kappa shape index (κ2) is 4.23. The fourth-order valence-electron chi connectivity index (χ4n) is 4.61. The Balaban J connectivity index is 2.52. The Kier molecular flexibility index (Phi) is 3.26. The lowest BCUT2D eigenvalue weighted by Crippen LogP contribution is -2.57. The van der Waals surface area contributed by atoms with Gasteiger partial charge in [-0.25, -0.2) is 0 Å². The Morgan fingerprint density at radius 3 is 2.00 bits per heavy atom. The van der Waals surface area contributed by atoms with E-state index in [-0.39, 0.29) is 5.41 Å². The van der Waals surface area contributed by atoms with E-state index >= 15 is 0 Å². The lowest BCUT2D eigenvalue weighted by atomic mass is 9.65. The van der Waals surface area contributed by atoms with Crippen LogP contribution in [0.3, 0.4) is 0 Å². The van der Waals surface area contributed by atoms with Gasteiger partial charge in [0.25, 0.3) is 0 Å². The van der Waals surface area contributed by atoms with Crippen LogP contribution in [0.15, 0.2) is 38.0 Å². The van der Waals surface area contributed by atoms with Crippen molar-refractivity contribution in [2.75, 3.05) is 0 Å². The first-order chi connectivity index (χ1) is 8.39. The van der Waals surface area contributed by atoms with E-state index in [1.54, 1.807) is 0 Å². The third kappa shape index (κ3) is 1.49. The van der Waals surface area contributed by atoms with Gasteiger partial charge in [0.2, 0.25) is 0 Å². The molecule has 0 amide bonds. The predicted octanol–water partition coefficient (Wildman–Crippen LogP) is 5.57. The predicted molar refractivity (Wildman–Crippen MR) is 84.6 cm³/mol. The Morgan fingerprint density at radius 2 is 1.61 bits per heavy atom. The van der Waals surface area contributed by atoms with Crippen LogP contribution in [0.1, 0.15) is 33.1 Å². The first-order valence-corrected chi connectivity index (χ1v) is 10.1. The van der Waals surface area contributed by atoms with Crippen molar-refractivity contribution in [2.45, 2.75) is 56.3 Å². The van der Waals surface area contributed by atoms with Crippen molar-refractivity contribution in [3.8, 4) is 0 Å². The third-order valence-corrected chi connectivity index (χ3v) is 13.5. The molecule has 2 fully saturated rings. The lowest BCUT2D eigenvalue weighted by Gasteiger charge is -2.60. The molecule has 2 atom stereocenters. The molecule has 2 aliphatic rings. The van der Waals surface area contributed by atoms with Gasteiger partial charge in [0.15, 0.2) is 0 Å². The van der Waals surface area contributed by atoms with Gasteiger partial charge in [-0.2, -0.15) is 0 Å². The van der Waals surface area contributed by atoms with Crippen molar-refractivity contribution in [1.82, 2.24) is 0 Å². The molecule has 1 saturated heterocycles. The number of hydrogen-bond acceptors (Lipinski definition) is 0. The van der Waals surface area contributed by atoms with Crippen LogP contribution >= 0.6 is 0 Å². The van der Waals surface area contributed by atoms with Gasteiger partial charge in [-0.15, -0.1) is 19.7 Å². The van der Waals surface area contributed by atoms with Gasteiger partial charge in [0.05, 0.1) is 8.07 Å². The van der Waals surface area contributed by atoms with Crippen LogP contribution < -0.4 is 0 Å². The van der Waals surface area contributed by atoms with Crippen LogP contribution in [0.4, 0.5) is 0 Å². The summed E-state index contributed by atoms with van der Waals surface area (Å²) in [7, 11) is -1.26. The summed E-state index contributed by atoms with van der Waals surface area (Å²) < 4.78 is 0. The average Bonchev–Trinajstić information content (AvgIpc) is 3.17. The molecule has 1 heteroatoms. The minimum absolute atomic E-state index is 0.0521. The number of hydrogen-bond donors (Lipinski definition) is 0. The van der Waals surface area contributed by atoms with Crippen molar-refractivity contribution in [1.29, 1.82) is 0 Å². The van der Waals surface area contributed by atoms with Crippen LogP contribution in [0.2, 0.25) is 23.2 Å². The van der Waals surface area contributed by atoms with Crippen LogP contribution in [0, 0.1) is 11.3 Å². The van der Waals surface area contributed by atoms with E-state index in [0.29, 0.717) is 11.0 Å². The van der Waals surface area contributed by atoms with Crippen molar-refractivity contribution >= 4 is 8.07 Å². The SMILES string of the molecule is C=CC1CC[Si](C)(C2CC2)C(C)(C)C1(C=C)C=C. The zero-order valence-corrected chi connectivity index (χ0v) is 13.3. The summed E-state index contributed by atoms with van der Waals surface area (Å²) in [5.41, 5.74) is 1.09. The molecule has 0 aromatic heterocycles. The fourth-order valence-corrected chi connectivity index (χ4v) is 10.4. The molecular formula is C17H28Si. The number of allylic oxidation sites excluding steroid dienone is 3. The molecule has 1 heterocycles. The second-order valence-electron chi connectivity index (χ2n) is 7.04. The average molecular weight is 260 g/mol. The summed E-state index contributed by atoms with van der Waals surface area (Å²) in [6.07, 6.45) is 10.7. The van der Waals surface area contributed by atoms with E-state index in [1.807, 2.05) is 0 Å². The Hall–Kier alpha value is -0.563. The molecule has 18 heavy (non-hydrogen) atoms. The van der Waals surface area contributed by atoms with Gasteiger partial charge < -0.3 is 0 Å². The summed E-state index contributed by atoms with van der Waals surface area (Å²) in [5, 5.41) is 0.335. The smallest absolute Gasteiger partial charge is 0.0605 e. The first-order valence-electron chi connectivity index (χ1n) is 7.29. The highest BCUT2D eigenvalue weighted by Gasteiger charge is 2.63. The van der Waals surface area contributed by atoms with E-state index in [2.05, 4.69) is 58.4 Å². The molecule has 2 unspecified atom stereocenters. The minimum atomic E-state index is -1.26. The monoisotopic (exact) mass is 260 g/mol. The van der Waals surface area contributed by atoms with Crippen molar-refractivity contribution in [3.63, 3.8) is 0 Å². The molecule has 0 N–H and O–H groups in total. The molecule has 1 aliphatic heterocycles. The highest BCUT2D eigenvalue weighted by atomic mass is 28.3. The maximum absolute atomic E-state index is 4.17. The van der Waals surface area contributed by atoms with E-state index in [4.69, 9.17) is 0 Å². The molecule has 100 valence electrons. The topological polar surface area (TPSA) is 0 Å². The van der Waals surface area contributed by atoms with E-state index < -0.39 is 8.07 Å². The molecule has 2 rings (SSSR count). The summed E-state index contributed by atoms with van der Waals surface area (Å²) in [4.78, 5) is 0. The van der Waals surface area contributed by atoms with E-state index in [9.17, 15) is 0 Å². The van der Waals surface area contributed by atoms with Gasteiger partial charge in [-0.3, -0.25) is 0 Å². The second-order valence-corrected chi connectivity index (χ2v) is 12.4. The fraction of sp³-hybridized carbons (Fsp3) is 0.647. The number of rotatable bonds is 4. The van der Waals surface area contributed by atoms with Crippen LogP contribution in [-0.2, 0) is 0 Å². The van der Waals surface area contributed by atoms with E-state index in [1.165, 1.54) is 25.3 Å². The van der Waals surface area contributed by atoms with Crippen LogP contribution in [-0.4, -0.2) is 8.07 Å². The summed E-state index contributed by atoms with van der Waals surface area (Å²) in [6, 6.07) is 1.45. The van der Waals surface area contributed by atoms with Crippen molar-refractivity contribution in [3.05, 3.63) is 38.0 Å². The summed E-state index contributed by atoms with van der Waals surface area (Å²) in [5.74, 6) is 0.516. The van der Waals surface area contributed by atoms with Crippen LogP contribution in [0.25, 0.3) is 0 Å². The molecular weight excluding hydrogens is 232 g/mol. The van der Waals surface area contributed by atoms with Gasteiger partial charge in [-0.1, -0.05) is 57.5 Å². The first kappa shape index (κ1) is 13.9. The molecule has 1 aliphatic carbocycles. The van der Waals surface area contributed by atoms with Crippen molar-refractivity contribution < 1.29 is 0 Å². The highest BCUT2D eigenvalue weighted by molar-refractivity contribution is 6.83. The summed E-state index contributed by atoms with van der Waals surface area (Å²) in [6.45, 7) is 20.0. The molecule has 0 aromatic rings. The maximum Gasteiger partial charge on any atom is 0.0605 e. The zero-order valence-electron chi connectivity index (χ0n) is 12.3. The maximum atomic E-state index is 4.17. The highest BCUT2D eigenvalue weighted by Crippen LogP contribution is 2.70. The molecule has 0 spiro atoms.